The van der Waals surface area contributed by atoms with E-state index in [1.54, 1.807) is 79.7 Å². The molecule has 5 aromatic rings. The van der Waals surface area contributed by atoms with Crippen LogP contribution in [0.15, 0.2) is 119 Å². The minimum absolute atomic E-state index is 0.0538. The topological polar surface area (TPSA) is 120 Å². The Morgan fingerprint density at radius 1 is 0.939 bits per heavy atom. The summed E-state index contributed by atoms with van der Waals surface area (Å²) >= 11 is 2.63. The first-order valence-corrected chi connectivity index (χ1v) is 17.3. The molecule has 3 N–H and O–H groups in total. The lowest BCUT2D eigenvalue weighted by Crippen LogP contribution is -2.30. The average molecular weight is 687 g/mol. The van der Waals surface area contributed by atoms with Crippen molar-refractivity contribution in [3.8, 4) is 22.9 Å². The molecule has 0 aliphatic rings. The van der Waals surface area contributed by atoms with Crippen molar-refractivity contribution in [3.63, 3.8) is 0 Å². The van der Waals surface area contributed by atoms with Gasteiger partial charge in [-0.25, -0.2) is 0 Å². The minimum Gasteiger partial charge on any atom is -0.494 e. The van der Waals surface area contributed by atoms with E-state index in [1.165, 1.54) is 23.1 Å². The van der Waals surface area contributed by atoms with E-state index in [4.69, 9.17) is 4.74 Å². The van der Waals surface area contributed by atoms with Gasteiger partial charge in [0.15, 0.2) is 0 Å². The van der Waals surface area contributed by atoms with E-state index in [0.29, 0.717) is 39.7 Å². The fourth-order valence-electron chi connectivity index (χ4n) is 4.76. The van der Waals surface area contributed by atoms with Gasteiger partial charge in [-0.1, -0.05) is 66.2 Å². The Kier molecular flexibility index (Phi) is 11.7. The van der Waals surface area contributed by atoms with Gasteiger partial charge in [0.1, 0.15) is 22.5 Å². The Hall–Kier alpha value is -5.63. The van der Waals surface area contributed by atoms with Crippen molar-refractivity contribution in [1.82, 2.24) is 5.32 Å². The van der Waals surface area contributed by atoms with E-state index in [0.717, 1.165) is 21.6 Å². The van der Waals surface area contributed by atoms with Crippen LogP contribution in [0.1, 0.15) is 40.9 Å². The van der Waals surface area contributed by atoms with Crippen molar-refractivity contribution >= 4 is 57.6 Å². The number of carbonyl (C=O) groups is 3. The van der Waals surface area contributed by atoms with Gasteiger partial charge in [0.05, 0.1) is 17.4 Å². The second kappa shape index (κ2) is 16.5. The Balaban J connectivity index is 1.28. The first kappa shape index (κ1) is 34.7. The summed E-state index contributed by atoms with van der Waals surface area (Å²) in [6.45, 7) is 6.21. The highest BCUT2D eigenvalue weighted by Crippen LogP contribution is 2.36. The summed E-state index contributed by atoms with van der Waals surface area (Å²) < 4.78 is 5.52. The van der Waals surface area contributed by atoms with Gasteiger partial charge in [-0.3, -0.25) is 14.4 Å². The fourth-order valence-corrected chi connectivity index (χ4v) is 6.61. The summed E-state index contributed by atoms with van der Waals surface area (Å²) in [5.74, 6) is -0.493. The molecule has 1 aromatic heterocycles. The van der Waals surface area contributed by atoms with Gasteiger partial charge in [0.25, 0.3) is 11.8 Å². The molecule has 4 aromatic carbocycles. The van der Waals surface area contributed by atoms with Crippen LogP contribution in [0, 0.1) is 18.3 Å². The minimum atomic E-state index is -0.516. The van der Waals surface area contributed by atoms with Crippen LogP contribution in [0.5, 0.6) is 5.75 Å². The first-order valence-electron chi connectivity index (χ1n) is 15.5. The van der Waals surface area contributed by atoms with Gasteiger partial charge >= 0.3 is 0 Å². The maximum atomic E-state index is 13.6. The summed E-state index contributed by atoms with van der Waals surface area (Å²) in [6.07, 6.45) is 1.60. The summed E-state index contributed by atoms with van der Waals surface area (Å²) in [7, 11) is 0. The molecule has 0 fully saturated rings. The second-order valence-electron chi connectivity index (χ2n) is 10.9. The Labute approximate surface area is 293 Å². The van der Waals surface area contributed by atoms with E-state index in [9.17, 15) is 19.6 Å². The van der Waals surface area contributed by atoms with Crippen LogP contribution in [-0.2, 0) is 9.59 Å². The van der Waals surface area contributed by atoms with Gasteiger partial charge in [-0.2, -0.15) is 5.26 Å². The number of rotatable bonds is 12. The number of carbonyl (C=O) groups excluding carboxylic acids is 3. The van der Waals surface area contributed by atoms with Gasteiger partial charge in [-0.15, -0.1) is 23.1 Å². The average Bonchev–Trinajstić information content (AvgIpc) is 3.51. The standard InChI is InChI=1S/C39H34N4O4S2/c1-4-47-31-19-15-27(16-20-31)21-35(42-37(45)29-9-6-5-7-10-29)38(46)41-30-11-8-12-32(22-30)49-26(3)36(44)43-39-33(23-40)34(24-48-39)28-17-13-25(2)14-18-28/h5-22,24,26H,4H2,1-3H3,(H,41,46)(H,42,45)(H,43,44)/b35-21+. The smallest absolute Gasteiger partial charge is 0.272 e. The van der Waals surface area contributed by atoms with Crippen molar-refractivity contribution in [3.05, 3.63) is 136 Å². The lowest BCUT2D eigenvalue weighted by molar-refractivity contribution is -0.115. The van der Waals surface area contributed by atoms with Crippen molar-refractivity contribution in [2.45, 2.75) is 30.9 Å². The number of aryl methyl sites for hydroxylation is 1. The monoisotopic (exact) mass is 686 g/mol. The van der Waals surface area contributed by atoms with Crippen LogP contribution in [0.4, 0.5) is 10.7 Å². The number of hydrogen-bond donors (Lipinski definition) is 3. The Morgan fingerprint density at radius 3 is 2.37 bits per heavy atom. The highest BCUT2D eigenvalue weighted by Gasteiger charge is 2.20. The van der Waals surface area contributed by atoms with Crippen LogP contribution < -0.4 is 20.7 Å². The van der Waals surface area contributed by atoms with Crippen LogP contribution in [-0.4, -0.2) is 29.6 Å². The molecule has 0 saturated heterocycles. The molecule has 0 saturated carbocycles. The molecule has 0 aliphatic heterocycles. The molecule has 0 aliphatic carbocycles. The van der Waals surface area contributed by atoms with E-state index in [-0.39, 0.29) is 11.6 Å². The summed E-state index contributed by atoms with van der Waals surface area (Å²) in [6, 6.07) is 33.1. The number of ether oxygens (including phenoxy) is 1. The number of hydrogen-bond acceptors (Lipinski definition) is 7. The van der Waals surface area contributed by atoms with Crippen LogP contribution in [0.3, 0.4) is 0 Å². The molecule has 1 atom stereocenters. The van der Waals surface area contributed by atoms with Crippen LogP contribution in [0.25, 0.3) is 17.2 Å². The van der Waals surface area contributed by atoms with E-state index in [2.05, 4.69) is 22.0 Å². The number of nitrogens with one attached hydrogen (secondary N) is 3. The Morgan fingerprint density at radius 2 is 1.67 bits per heavy atom. The van der Waals surface area contributed by atoms with Gasteiger partial charge in [0.2, 0.25) is 5.91 Å². The van der Waals surface area contributed by atoms with Crippen molar-refractivity contribution in [2.24, 2.45) is 0 Å². The quantitative estimate of drug-likeness (QED) is 0.0894. The Bertz CT molecular complexity index is 2020. The second-order valence-corrected chi connectivity index (χ2v) is 13.2. The first-order chi connectivity index (χ1) is 23.7. The fraction of sp³-hybridized carbons (Fsp3) is 0.128. The SMILES string of the molecule is CCOc1ccc(/C=C(/NC(=O)c2ccccc2)C(=O)Nc2cccc(SC(C)C(=O)Nc3scc(-c4ccc(C)cc4)c3C#N)c2)cc1. The zero-order valence-electron chi connectivity index (χ0n) is 27.2. The highest BCUT2D eigenvalue weighted by molar-refractivity contribution is 8.00. The third-order valence-corrected chi connectivity index (χ3v) is 9.30. The number of amides is 3. The lowest BCUT2D eigenvalue weighted by Gasteiger charge is -2.14. The van der Waals surface area contributed by atoms with Crippen molar-refractivity contribution in [1.29, 1.82) is 5.26 Å². The molecule has 246 valence electrons. The molecule has 10 heteroatoms. The largest absolute Gasteiger partial charge is 0.494 e. The molecule has 1 heterocycles. The van der Waals surface area contributed by atoms with Crippen LogP contribution >= 0.6 is 23.1 Å². The molecular weight excluding hydrogens is 653 g/mol. The molecule has 5 rings (SSSR count). The van der Waals surface area contributed by atoms with E-state index in [1.807, 2.05) is 55.6 Å². The molecule has 49 heavy (non-hydrogen) atoms. The third-order valence-electron chi connectivity index (χ3n) is 7.31. The summed E-state index contributed by atoms with van der Waals surface area (Å²) in [4.78, 5) is 40.6. The number of thiophene rings is 1. The third kappa shape index (κ3) is 9.26. The maximum Gasteiger partial charge on any atom is 0.272 e. The number of anilines is 2. The zero-order valence-corrected chi connectivity index (χ0v) is 28.8. The number of nitriles is 1. The van der Waals surface area contributed by atoms with Gasteiger partial charge in [-0.05, 0) is 80.4 Å². The zero-order chi connectivity index (χ0) is 34.8. The van der Waals surface area contributed by atoms with Gasteiger partial charge < -0.3 is 20.7 Å². The summed E-state index contributed by atoms with van der Waals surface area (Å²) in [5, 5.41) is 20.3. The van der Waals surface area contributed by atoms with Crippen LogP contribution in [0.2, 0.25) is 0 Å². The normalized spacial score (nSPS) is 11.6. The maximum absolute atomic E-state index is 13.6. The molecule has 0 spiro atoms. The number of nitrogens with zero attached hydrogens (tertiary/aromatic N) is 1. The van der Waals surface area contributed by atoms with E-state index >= 15 is 0 Å². The molecule has 0 radical (unpaired) electrons. The number of benzene rings is 4. The lowest BCUT2D eigenvalue weighted by atomic mass is 10.0. The highest BCUT2D eigenvalue weighted by atomic mass is 32.2. The van der Waals surface area contributed by atoms with Gasteiger partial charge in [0, 0.05) is 27.1 Å². The predicted molar refractivity (Wildman–Crippen MR) is 198 cm³/mol. The number of thioether (sulfide) groups is 1. The molecule has 8 nitrogen and oxygen atoms in total. The predicted octanol–water partition coefficient (Wildman–Crippen LogP) is 8.52. The van der Waals surface area contributed by atoms with Crippen molar-refractivity contribution in [2.75, 3.05) is 17.2 Å². The van der Waals surface area contributed by atoms with E-state index < -0.39 is 17.1 Å². The molecule has 3 amide bonds. The molecule has 0 bridgehead atoms. The summed E-state index contributed by atoms with van der Waals surface area (Å²) in [5.41, 5.74) is 4.89. The molecule has 1 unspecified atom stereocenters. The molecular formula is C39H34N4O4S2. The van der Waals surface area contributed by atoms with Crippen molar-refractivity contribution < 1.29 is 19.1 Å².